The van der Waals surface area contributed by atoms with E-state index in [1.54, 1.807) is 6.07 Å². The molecule has 0 saturated carbocycles. The lowest BCUT2D eigenvalue weighted by atomic mass is 10.2. The Morgan fingerprint density at radius 3 is 2.67 bits per heavy atom. The van der Waals surface area contributed by atoms with Crippen molar-refractivity contribution in [1.29, 1.82) is 0 Å². The molecule has 0 radical (unpaired) electrons. The van der Waals surface area contributed by atoms with Crippen LogP contribution in [0.5, 0.6) is 23.0 Å². The number of methoxy groups -OCH3 is 2. The van der Waals surface area contributed by atoms with E-state index < -0.39 is 110 Å². The summed E-state index contributed by atoms with van der Waals surface area (Å²) in [7, 11) is -6.67. The van der Waals surface area contributed by atoms with Crippen LogP contribution in [0.15, 0.2) is 36.4 Å². The molecule has 2 aliphatic heterocycles. The van der Waals surface area contributed by atoms with Crippen molar-refractivity contribution < 1.29 is 47.0 Å². The van der Waals surface area contributed by atoms with Gasteiger partial charge < -0.3 is 34.5 Å². The molecule has 1 aromatic heterocycles. The first kappa shape index (κ1) is 9.12. The predicted octanol–water partition coefficient (Wildman–Crippen LogP) is 1.72. The summed E-state index contributed by atoms with van der Waals surface area (Å²) >= 11 is 0. The van der Waals surface area contributed by atoms with Crippen molar-refractivity contribution in [1.82, 2.24) is 14.9 Å². The summed E-state index contributed by atoms with van der Waals surface area (Å²) < 4.78 is 160. The van der Waals surface area contributed by atoms with Gasteiger partial charge in [0.1, 0.15) is 12.4 Å². The summed E-state index contributed by atoms with van der Waals surface area (Å²) in [5.74, 6) is -6.34. The molecule has 2 aromatic carbocycles. The van der Waals surface area contributed by atoms with Crippen LogP contribution in [0.3, 0.4) is 0 Å². The number of fused-ring (bicyclic) bond motifs is 2. The highest BCUT2D eigenvalue weighted by atomic mass is 16.6. The number of piperazine rings is 1. The zero-order valence-corrected chi connectivity index (χ0v) is 16.4. The van der Waals surface area contributed by atoms with Gasteiger partial charge in [0.05, 0.1) is 42.9 Å². The Bertz CT molecular complexity index is 1860. The molecule has 0 aliphatic carbocycles. The lowest BCUT2D eigenvalue weighted by Crippen LogP contribution is -2.54. The van der Waals surface area contributed by atoms with Gasteiger partial charge in [0.25, 0.3) is 5.91 Å². The number of anilines is 2. The first-order valence-electron chi connectivity index (χ1n) is 17.6. The number of nitrogens with zero attached hydrogens (tertiary/aromatic N) is 4. The van der Waals surface area contributed by atoms with Crippen LogP contribution in [0.1, 0.15) is 23.3 Å². The molecule has 1 fully saturated rings. The molecular formula is C23H25N5O5. The molecule has 2 aliphatic rings. The normalized spacial score (nSPS) is 34.4. The van der Waals surface area contributed by atoms with Crippen molar-refractivity contribution in [2.75, 3.05) is 57.3 Å². The molecule has 172 valence electrons. The number of ether oxygens (including phenoxy) is 4. The molecule has 1 unspecified atom stereocenters. The van der Waals surface area contributed by atoms with Crippen LogP contribution in [0.25, 0.3) is 10.9 Å². The summed E-state index contributed by atoms with van der Waals surface area (Å²) in [6.07, 6.45) is -2.94. The zero-order chi connectivity index (χ0) is 37.8. The molecule has 3 aromatic rings. The Balaban J connectivity index is 1.69. The number of nitrogens with two attached hydrogens (primary N) is 1. The van der Waals surface area contributed by atoms with Crippen molar-refractivity contribution >= 4 is 28.6 Å². The van der Waals surface area contributed by atoms with Crippen LogP contribution >= 0.6 is 0 Å². The molecule has 0 bridgehead atoms. The number of para-hydroxylation sites is 2. The van der Waals surface area contributed by atoms with E-state index in [2.05, 4.69) is 9.97 Å². The van der Waals surface area contributed by atoms with E-state index in [-0.39, 0.29) is 16.4 Å². The monoisotopic (exact) mass is 468 g/mol. The van der Waals surface area contributed by atoms with E-state index in [4.69, 9.17) is 48.0 Å². The lowest BCUT2D eigenvalue weighted by molar-refractivity contribution is -0.141. The van der Waals surface area contributed by atoms with Gasteiger partial charge in [-0.05, 0) is 18.2 Å². The third kappa shape index (κ3) is 3.88. The summed E-state index contributed by atoms with van der Waals surface area (Å²) in [6.45, 7) is -16.4. The molecule has 10 nitrogen and oxygen atoms in total. The van der Waals surface area contributed by atoms with Gasteiger partial charge in [-0.25, -0.2) is 4.98 Å². The number of nitrogen functional groups attached to an aromatic ring is 1. The van der Waals surface area contributed by atoms with E-state index in [0.29, 0.717) is 0 Å². The molecule has 3 heterocycles. The summed E-state index contributed by atoms with van der Waals surface area (Å²) in [5.41, 5.74) is 5.14. The minimum Gasteiger partial charge on any atom is -0.493 e. The molecule has 2 N–H and O–H groups in total. The molecule has 5 rings (SSSR count). The quantitative estimate of drug-likeness (QED) is 0.611. The Labute approximate surface area is 214 Å². The van der Waals surface area contributed by atoms with Gasteiger partial charge in [-0.3, -0.25) is 4.79 Å². The van der Waals surface area contributed by atoms with Gasteiger partial charge in [-0.2, -0.15) is 4.98 Å². The van der Waals surface area contributed by atoms with Crippen LogP contribution in [0.2, 0.25) is 0 Å². The molecular weight excluding hydrogens is 426 g/mol. The maximum absolute atomic E-state index is 13.8. The van der Waals surface area contributed by atoms with Crippen LogP contribution in [0, 0.1) is 0 Å². The van der Waals surface area contributed by atoms with Crippen molar-refractivity contribution in [3.63, 3.8) is 0 Å². The first-order chi connectivity index (χ1) is 22.6. The van der Waals surface area contributed by atoms with Crippen LogP contribution in [-0.4, -0.2) is 73.5 Å². The number of carbonyl (C=O) groups is 1. The second-order valence-corrected chi connectivity index (χ2v) is 6.43. The average molecular weight is 469 g/mol. The fourth-order valence-electron chi connectivity index (χ4n) is 2.90. The summed E-state index contributed by atoms with van der Waals surface area (Å²) in [6, 6.07) is 3.58. The smallest absolute Gasteiger partial charge is 0.267 e. The lowest BCUT2D eigenvalue weighted by Gasteiger charge is -2.37. The van der Waals surface area contributed by atoms with E-state index >= 15 is 0 Å². The second-order valence-electron chi connectivity index (χ2n) is 6.43. The van der Waals surface area contributed by atoms with Gasteiger partial charge in [0.2, 0.25) is 12.0 Å². The molecule has 10 heteroatoms. The van der Waals surface area contributed by atoms with Gasteiger partial charge in [-0.1, -0.05) is 12.1 Å². The van der Waals surface area contributed by atoms with Crippen molar-refractivity contribution in [3.8, 4) is 23.0 Å². The Hall–Kier alpha value is -3.95. The van der Waals surface area contributed by atoms with Crippen molar-refractivity contribution in [3.05, 3.63) is 36.4 Å². The van der Waals surface area contributed by atoms with E-state index in [0.717, 1.165) is 0 Å². The summed E-state index contributed by atoms with van der Waals surface area (Å²) in [4.78, 5) is 20.7. The Morgan fingerprint density at radius 1 is 1.18 bits per heavy atom. The van der Waals surface area contributed by atoms with Crippen LogP contribution in [0.4, 0.5) is 11.8 Å². The van der Waals surface area contributed by atoms with E-state index in [1.807, 2.05) is 0 Å². The topological polar surface area (TPSA) is 112 Å². The highest BCUT2D eigenvalue weighted by Crippen LogP contribution is 2.34. The molecule has 0 spiro atoms. The maximum Gasteiger partial charge on any atom is 0.267 e. The van der Waals surface area contributed by atoms with Gasteiger partial charge in [-0.15, -0.1) is 0 Å². The first-order valence-corrected chi connectivity index (χ1v) is 9.13. The molecule has 1 amide bonds. The van der Waals surface area contributed by atoms with Gasteiger partial charge in [0.15, 0.2) is 23.0 Å². The summed E-state index contributed by atoms with van der Waals surface area (Å²) in [5, 5.41) is -0.678. The Morgan fingerprint density at radius 2 is 1.91 bits per heavy atom. The Kier molecular flexibility index (Phi) is 2.36. The highest BCUT2D eigenvalue weighted by molar-refractivity contribution is 5.91. The number of benzene rings is 2. The van der Waals surface area contributed by atoms with E-state index in [9.17, 15) is 4.79 Å². The van der Waals surface area contributed by atoms with E-state index in [1.165, 1.54) is 18.2 Å². The predicted molar refractivity (Wildman–Crippen MR) is 122 cm³/mol. The zero-order valence-electron chi connectivity index (χ0n) is 33.4. The number of hydrogen-bond acceptors (Lipinski definition) is 9. The van der Waals surface area contributed by atoms with Gasteiger partial charge >= 0.3 is 0 Å². The third-order valence-electron chi connectivity index (χ3n) is 4.44. The fourth-order valence-corrected chi connectivity index (χ4v) is 2.90. The third-order valence-corrected chi connectivity index (χ3v) is 4.44. The fraction of sp³-hybridized carbons (Fsp3) is 0.348. The minimum atomic E-state index is -3.89. The maximum atomic E-state index is 13.8. The van der Waals surface area contributed by atoms with Crippen LogP contribution < -0.4 is 29.6 Å². The second kappa shape index (κ2) is 8.53. The molecule has 1 atom stereocenters. The van der Waals surface area contributed by atoms with Crippen molar-refractivity contribution in [2.24, 2.45) is 0 Å². The highest BCUT2D eigenvalue weighted by Gasteiger charge is 2.33. The standard InChI is InChI=1S/C23H25N5O5/c1-30-18-11-14-15(12-19(18)31-2)25-23(26-21(14)24)28-9-7-27(8-10-28)22(29)20-13-32-16-5-3-4-6-17(16)33-20/h3-6,11-12,20H,7-10,13H2,1-2H3,(H2,24,25,26)/i1D3,2D3,7D2,8D2,9D2,10D2,11D,12D,20D. The number of hydrogen-bond donors (Lipinski definition) is 1. The van der Waals surface area contributed by atoms with Crippen molar-refractivity contribution in [2.45, 2.75) is 6.08 Å². The van der Waals surface area contributed by atoms with Gasteiger partial charge in [0, 0.05) is 37.4 Å². The average Bonchev–Trinajstić information content (AvgIpc) is 2.95. The molecule has 33 heavy (non-hydrogen) atoms. The molecule has 1 saturated heterocycles. The number of carbonyl (C=O) groups excluding carboxylic acids is 1. The SMILES string of the molecule is [2H]c1c(OC([2H])([2H])[2H])c(OC([2H])([2H])[2H])c([2H])c2c(N)nc(N3C([2H])([2H])C([2H])([2H])N(C(=O)C4([2H])COc5ccccc5O4)C([2H])([2H])C3([2H])[2H])nc12. The van der Waals surface area contributed by atoms with Crippen LogP contribution in [-0.2, 0) is 4.79 Å². The minimum absolute atomic E-state index is 0.0878. The number of rotatable bonds is 4. The number of amides is 1. The number of aromatic nitrogens is 2. The largest absolute Gasteiger partial charge is 0.493 e.